The van der Waals surface area contributed by atoms with Gasteiger partial charge in [0.2, 0.25) is 0 Å². The molecule has 0 saturated carbocycles. The van der Waals surface area contributed by atoms with Gasteiger partial charge in [-0.2, -0.15) is 0 Å². The standard InChI is InChI=1S/C10H6FNO2/c11-8-3-1-7(2-4-8)9-6-14-12-10(9)5-13/h1-6H. The molecule has 0 fully saturated rings. The molecule has 0 unspecified atom stereocenters. The lowest BCUT2D eigenvalue weighted by molar-refractivity contribution is 0.111. The van der Waals surface area contributed by atoms with Crippen molar-refractivity contribution in [3.05, 3.63) is 42.0 Å². The Labute approximate surface area is 79.1 Å². The molecule has 1 aromatic heterocycles. The SMILES string of the molecule is O=Cc1nocc1-c1ccc(F)cc1. The van der Waals surface area contributed by atoms with E-state index in [1.165, 1.54) is 18.4 Å². The molecule has 0 saturated heterocycles. The first-order chi connectivity index (χ1) is 6.81. The first kappa shape index (κ1) is 8.62. The van der Waals surface area contributed by atoms with E-state index >= 15 is 0 Å². The minimum atomic E-state index is -0.321. The Kier molecular flexibility index (Phi) is 2.10. The second-order valence-electron chi connectivity index (χ2n) is 2.74. The highest BCUT2D eigenvalue weighted by atomic mass is 19.1. The third kappa shape index (κ3) is 1.42. The van der Waals surface area contributed by atoms with E-state index in [1.54, 1.807) is 12.1 Å². The number of carbonyl (C=O) groups is 1. The highest BCUT2D eigenvalue weighted by Gasteiger charge is 2.08. The molecular formula is C10H6FNO2. The van der Waals surface area contributed by atoms with Gasteiger partial charge in [0.05, 0.1) is 5.56 Å². The van der Waals surface area contributed by atoms with Gasteiger partial charge in [0.15, 0.2) is 12.0 Å². The fourth-order valence-electron chi connectivity index (χ4n) is 1.18. The van der Waals surface area contributed by atoms with E-state index in [1.807, 2.05) is 0 Å². The van der Waals surface area contributed by atoms with Crippen LogP contribution in [0.15, 0.2) is 35.1 Å². The Hall–Kier alpha value is -1.97. The number of halogens is 1. The van der Waals surface area contributed by atoms with Crippen molar-refractivity contribution in [3.63, 3.8) is 0 Å². The summed E-state index contributed by atoms with van der Waals surface area (Å²) in [5, 5.41) is 3.50. The van der Waals surface area contributed by atoms with Crippen molar-refractivity contribution in [2.45, 2.75) is 0 Å². The molecule has 0 amide bonds. The monoisotopic (exact) mass is 191 g/mol. The van der Waals surface area contributed by atoms with Crippen LogP contribution in [0.4, 0.5) is 4.39 Å². The summed E-state index contributed by atoms with van der Waals surface area (Å²) in [5.74, 6) is -0.321. The van der Waals surface area contributed by atoms with Crippen molar-refractivity contribution < 1.29 is 13.7 Å². The van der Waals surface area contributed by atoms with Gasteiger partial charge in [-0.05, 0) is 17.7 Å². The van der Waals surface area contributed by atoms with Crippen molar-refractivity contribution in [1.29, 1.82) is 0 Å². The summed E-state index contributed by atoms with van der Waals surface area (Å²) >= 11 is 0. The minimum absolute atomic E-state index is 0.219. The lowest BCUT2D eigenvalue weighted by Gasteiger charge is -1.95. The summed E-state index contributed by atoms with van der Waals surface area (Å²) in [6, 6.07) is 5.76. The molecule has 0 spiro atoms. The molecule has 1 heterocycles. The molecule has 3 nitrogen and oxygen atoms in total. The van der Waals surface area contributed by atoms with Crippen LogP contribution in [0.5, 0.6) is 0 Å². The maximum absolute atomic E-state index is 12.6. The number of aromatic nitrogens is 1. The summed E-state index contributed by atoms with van der Waals surface area (Å²) in [7, 11) is 0. The predicted octanol–water partition coefficient (Wildman–Crippen LogP) is 2.29. The first-order valence-corrected chi connectivity index (χ1v) is 3.97. The molecule has 2 rings (SSSR count). The lowest BCUT2D eigenvalue weighted by Crippen LogP contribution is -1.84. The Bertz CT molecular complexity index is 447. The molecule has 1 aromatic carbocycles. The lowest BCUT2D eigenvalue weighted by atomic mass is 10.1. The maximum Gasteiger partial charge on any atom is 0.172 e. The average Bonchev–Trinajstić information content (AvgIpc) is 2.67. The zero-order valence-corrected chi connectivity index (χ0v) is 7.11. The van der Waals surface area contributed by atoms with Crippen molar-refractivity contribution >= 4 is 6.29 Å². The molecule has 0 atom stereocenters. The average molecular weight is 191 g/mol. The van der Waals surface area contributed by atoms with Gasteiger partial charge < -0.3 is 4.52 Å². The van der Waals surface area contributed by atoms with E-state index in [4.69, 9.17) is 0 Å². The van der Waals surface area contributed by atoms with Crippen LogP contribution >= 0.6 is 0 Å². The maximum atomic E-state index is 12.6. The van der Waals surface area contributed by atoms with Crippen molar-refractivity contribution in [3.8, 4) is 11.1 Å². The minimum Gasteiger partial charge on any atom is -0.363 e. The van der Waals surface area contributed by atoms with Crippen LogP contribution in [-0.2, 0) is 0 Å². The normalized spacial score (nSPS) is 10.1. The number of hydrogen-bond donors (Lipinski definition) is 0. The molecule has 2 aromatic rings. The van der Waals surface area contributed by atoms with Crippen molar-refractivity contribution in [2.75, 3.05) is 0 Å². The Morgan fingerprint density at radius 2 is 2.00 bits per heavy atom. The smallest absolute Gasteiger partial charge is 0.172 e. The molecule has 0 aliphatic rings. The van der Waals surface area contributed by atoms with E-state index in [-0.39, 0.29) is 11.5 Å². The molecule has 0 N–H and O–H groups in total. The van der Waals surface area contributed by atoms with E-state index in [0.29, 0.717) is 17.4 Å². The number of nitrogens with zero attached hydrogens (tertiary/aromatic N) is 1. The zero-order chi connectivity index (χ0) is 9.97. The highest BCUT2D eigenvalue weighted by Crippen LogP contribution is 2.21. The number of hydrogen-bond acceptors (Lipinski definition) is 3. The summed E-state index contributed by atoms with van der Waals surface area (Å²) in [6.07, 6.45) is 1.96. The van der Waals surface area contributed by atoms with Gasteiger partial charge in [-0.1, -0.05) is 17.3 Å². The molecule has 14 heavy (non-hydrogen) atoms. The number of benzene rings is 1. The van der Waals surface area contributed by atoms with Gasteiger partial charge in [0.25, 0.3) is 0 Å². The predicted molar refractivity (Wildman–Crippen MR) is 47.3 cm³/mol. The summed E-state index contributed by atoms with van der Waals surface area (Å²) in [6.45, 7) is 0. The van der Waals surface area contributed by atoms with Crippen LogP contribution < -0.4 is 0 Å². The van der Waals surface area contributed by atoms with Crippen LogP contribution in [0.2, 0.25) is 0 Å². The van der Waals surface area contributed by atoms with Crippen LogP contribution in [0.1, 0.15) is 10.5 Å². The largest absolute Gasteiger partial charge is 0.363 e. The summed E-state index contributed by atoms with van der Waals surface area (Å²) in [5.41, 5.74) is 1.49. The summed E-state index contributed by atoms with van der Waals surface area (Å²) in [4.78, 5) is 10.5. The van der Waals surface area contributed by atoms with Crippen LogP contribution in [-0.4, -0.2) is 11.4 Å². The second kappa shape index (κ2) is 3.41. The van der Waals surface area contributed by atoms with Gasteiger partial charge >= 0.3 is 0 Å². The number of rotatable bonds is 2. The third-order valence-corrected chi connectivity index (χ3v) is 1.86. The van der Waals surface area contributed by atoms with Gasteiger partial charge in [-0.15, -0.1) is 0 Å². The van der Waals surface area contributed by atoms with E-state index in [9.17, 15) is 9.18 Å². The number of aldehydes is 1. The Morgan fingerprint density at radius 3 is 2.64 bits per heavy atom. The van der Waals surface area contributed by atoms with Crippen LogP contribution in [0.25, 0.3) is 11.1 Å². The molecule has 4 heteroatoms. The molecule has 0 aliphatic heterocycles. The van der Waals surface area contributed by atoms with E-state index in [2.05, 4.69) is 9.68 Å². The Balaban J connectivity index is 2.49. The topological polar surface area (TPSA) is 43.1 Å². The Morgan fingerprint density at radius 1 is 1.29 bits per heavy atom. The second-order valence-corrected chi connectivity index (χ2v) is 2.74. The molecule has 0 bridgehead atoms. The number of carbonyl (C=O) groups excluding carboxylic acids is 1. The van der Waals surface area contributed by atoms with E-state index < -0.39 is 0 Å². The van der Waals surface area contributed by atoms with Gasteiger partial charge in [-0.25, -0.2) is 4.39 Å². The third-order valence-electron chi connectivity index (χ3n) is 1.86. The molecule has 0 radical (unpaired) electrons. The molecule has 0 aliphatic carbocycles. The van der Waals surface area contributed by atoms with Crippen LogP contribution in [0, 0.1) is 5.82 Å². The first-order valence-electron chi connectivity index (χ1n) is 3.97. The molecular weight excluding hydrogens is 185 g/mol. The quantitative estimate of drug-likeness (QED) is 0.684. The highest BCUT2D eigenvalue weighted by molar-refractivity contribution is 5.84. The van der Waals surface area contributed by atoms with E-state index in [0.717, 1.165) is 0 Å². The fraction of sp³-hybridized carbons (Fsp3) is 0. The van der Waals surface area contributed by atoms with Crippen LogP contribution in [0.3, 0.4) is 0 Å². The van der Waals surface area contributed by atoms with Gasteiger partial charge in [0.1, 0.15) is 12.1 Å². The van der Waals surface area contributed by atoms with Crippen molar-refractivity contribution in [1.82, 2.24) is 5.16 Å². The van der Waals surface area contributed by atoms with Crippen molar-refractivity contribution in [2.24, 2.45) is 0 Å². The van der Waals surface area contributed by atoms with Gasteiger partial charge in [0, 0.05) is 0 Å². The molecule has 70 valence electrons. The summed E-state index contributed by atoms with van der Waals surface area (Å²) < 4.78 is 17.2. The fourth-order valence-corrected chi connectivity index (χ4v) is 1.18. The zero-order valence-electron chi connectivity index (χ0n) is 7.11. The van der Waals surface area contributed by atoms with Gasteiger partial charge in [-0.3, -0.25) is 4.79 Å².